The predicted octanol–water partition coefficient (Wildman–Crippen LogP) is 5.80. The van der Waals surface area contributed by atoms with Gasteiger partial charge in [0.15, 0.2) is 5.82 Å². The number of benzene rings is 2. The second-order valence-electron chi connectivity index (χ2n) is 5.63. The summed E-state index contributed by atoms with van der Waals surface area (Å²) in [4.78, 5) is 16.6. The number of halogens is 4. The van der Waals surface area contributed by atoms with Gasteiger partial charge in [0.2, 0.25) is 0 Å². The number of carbonyl (C=O) groups is 1. The van der Waals surface area contributed by atoms with Crippen LogP contribution in [0.4, 0.5) is 13.2 Å². The standard InChI is InChI=1S/C18H10ClF3N2O2S/c19-15-10-6-5-9(20)7-13(10)27-16(15)17(25)26-8-14-23-11-3-1-2-4-12(11)24(14)18(21)22/h1-7,18H,8H2. The number of ether oxygens (including phenoxy) is 1. The van der Waals surface area contributed by atoms with Gasteiger partial charge < -0.3 is 4.74 Å². The fraction of sp³-hybridized carbons (Fsp3) is 0.111. The second-order valence-corrected chi connectivity index (χ2v) is 7.06. The SMILES string of the molecule is O=C(OCc1nc2ccccc2n1C(F)F)c1sc2cc(F)ccc2c1Cl. The molecule has 4 nitrogen and oxygen atoms in total. The third kappa shape index (κ3) is 3.15. The highest BCUT2D eigenvalue weighted by atomic mass is 35.5. The quantitative estimate of drug-likeness (QED) is 0.400. The van der Waals surface area contributed by atoms with Crippen LogP contribution in [0.15, 0.2) is 42.5 Å². The number of esters is 1. The lowest BCUT2D eigenvalue weighted by Crippen LogP contribution is -2.10. The minimum absolute atomic E-state index is 0.0805. The largest absolute Gasteiger partial charge is 0.453 e. The number of nitrogens with zero attached hydrogens (tertiary/aromatic N) is 2. The third-order valence-electron chi connectivity index (χ3n) is 3.97. The van der Waals surface area contributed by atoms with Crippen molar-refractivity contribution in [3.63, 3.8) is 0 Å². The van der Waals surface area contributed by atoms with Crippen molar-refractivity contribution in [1.82, 2.24) is 9.55 Å². The molecule has 4 aromatic rings. The highest BCUT2D eigenvalue weighted by Gasteiger charge is 2.22. The molecule has 0 atom stereocenters. The number of fused-ring (bicyclic) bond motifs is 2. The molecule has 2 aromatic heterocycles. The van der Waals surface area contributed by atoms with E-state index < -0.39 is 24.9 Å². The van der Waals surface area contributed by atoms with Gasteiger partial charge in [-0.3, -0.25) is 4.57 Å². The Hall–Kier alpha value is -2.58. The first-order valence-electron chi connectivity index (χ1n) is 7.74. The molecule has 0 radical (unpaired) electrons. The normalized spacial score (nSPS) is 11.6. The molecule has 0 aliphatic heterocycles. The number of hydrogen-bond acceptors (Lipinski definition) is 4. The Morgan fingerprint density at radius 3 is 2.81 bits per heavy atom. The first-order valence-corrected chi connectivity index (χ1v) is 8.94. The highest BCUT2D eigenvalue weighted by molar-refractivity contribution is 7.21. The van der Waals surface area contributed by atoms with Crippen molar-refractivity contribution >= 4 is 50.0 Å². The van der Waals surface area contributed by atoms with Gasteiger partial charge >= 0.3 is 12.5 Å². The van der Waals surface area contributed by atoms with Gasteiger partial charge in [-0.25, -0.2) is 14.2 Å². The summed E-state index contributed by atoms with van der Waals surface area (Å²) in [6.45, 7) is -3.28. The molecule has 0 fully saturated rings. The van der Waals surface area contributed by atoms with E-state index in [1.54, 1.807) is 18.2 Å². The second kappa shape index (κ2) is 6.86. The van der Waals surface area contributed by atoms with Crippen LogP contribution in [0.5, 0.6) is 0 Å². The molecule has 0 aliphatic carbocycles. The van der Waals surface area contributed by atoms with Gasteiger partial charge in [-0.05, 0) is 30.3 Å². The molecule has 0 unspecified atom stereocenters. The Labute approximate surface area is 159 Å². The highest BCUT2D eigenvalue weighted by Crippen LogP contribution is 2.36. The summed E-state index contributed by atoms with van der Waals surface area (Å²) in [6, 6.07) is 10.4. The van der Waals surface area contributed by atoms with E-state index in [4.69, 9.17) is 16.3 Å². The lowest BCUT2D eigenvalue weighted by atomic mass is 10.2. The average Bonchev–Trinajstić information content (AvgIpc) is 3.17. The lowest BCUT2D eigenvalue weighted by molar-refractivity contribution is 0.0392. The Bertz CT molecular complexity index is 1170. The van der Waals surface area contributed by atoms with Crippen molar-refractivity contribution in [3.8, 4) is 0 Å². The van der Waals surface area contributed by atoms with E-state index in [0.29, 0.717) is 20.2 Å². The summed E-state index contributed by atoms with van der Waals surface area (Å²) >= 11 is 7.15. The van der Waals surface area contributed by atoms with Gasteiger partial charge in [0.25, 0.3) is 0 Å². The average molecular weight is 411 g/mol. The maximum absolute atomic E-state index is 13.4. The van der Waals surface area contributed by atoms with E-state index in [1.165, 1.54) is 24.3 Å². The van der Waals surface area contributed by atoms with Crippen molar-refractivity contribution in [2.75, 3.05) is 0 Å². The minimum Gasteiger partial charge on any atom is -0.453 e. The number of carbonyl (C=O) groups excluding carboxylic acids is 1. The van der Waals surface area contributed by atoms with Crippen LogP contribution in [-0.2, 0) is 11.3 Å². The molecule has 27 heavy (non-hydrogen) atoms. The van der Waals surface area contributed by atoms with Crippen LogP contribution >= 0.6 is 22.9 Å². The first kappa shape index (κ1) is 17.8. The van der Waals surface area contributed by atoms with Crippen molar-refractivity contribution in [2.45, 2.75) is 13.2 Å². The fourth-order valence-electron chi connectivity index (χ4n) is 2.78. The van der Waals surface area contributed by atoms with Crippen LogP contribution in [0.3, 0.4) is 0 Å². The van der Waals surface area contributed by atoms with Crippen molar-refractivity contribution < 1.29 is 22.7 Å². The zero-order valence-corrected chi connectivity index (χ0v) is 15.0. The Balaban J connectivity index is 1.62. The minimum atomic E-state index is -2.83. The molecule has 0 spiro atoms. The van der Waals surface area contributed by atoms with Crippen molar-refractivity contribution in [3.05, 3.63) is 64.0 Å². The summed E-state index contributed by atoms with van der Waals surface area (Å²) in [5.41, 5.74) is 0.619. The summed E-state index contributed by atoms with van der Waals surface area (Å²) in [6.07, 6.45) is 0. The smallest absolute Gasteiger partial charge is 0.350 e. The number of alkyl halides is 2. The van der Waals surface area contributed by atoms with Crippen LogP contribution < -0.4 is 0 Å². The van der Waals surface area contributed by atoms with Crippen LogP contribution in [-0.4, -0.2) is 15.5 Å². The maximum atomic E-state index is 13.4. The maximum Gasteiger partial charge on any atom is 0.350 e. The number of hydrogen-bond donors (Lipinski definition) is 0. The molecule has 0 aliphatic rings. The monoisotopic (exact) mass is 410 g/mol. The number of aromatic nitrogens is 2. The Morgan fingerprint density at radius 1 is 1.26 bits per heavy atom. The molecule has 2 aromatic carbocycles. The van der Waals surface area contributed by atoms with Crippen molar-refractivity contribution in [1.29, 1.82) is 0 Å². The predicted molar refractivity (Wildman–Crippen MR) is 96.9 cm³/mol. The Kier molecular flexibility index (Phi) is 4.53. The number of rotatable bonds is 4. The molecule has 9 heteroatoms. The van der Waals surface area contributed by atoms with Gasteiger partial charge in [0.1, 0.15) is 17.3 Å². The first-order chi connectivity index (χ1) is 13.0. The fourth-order valence-corrected chi connectivity index (χ4v) is 4.21. The third-order valence-corrected chi connectivity index (χ3v) is 5.61. The van der Waals surface area contributed by atoms with Crippen molar-refractivity contribution in [2.24, 2.45) is 0 Å². The van der Waals surface area contributed by atoms with Crippen LogP contribution in [0, 0.1) is 5.82 Å². The van der Waals surface area contributed by atoms with E-state index in [1.807, 2.05) is 0 Å². The Morgan fingerprint density at radius 2 is 2.04 bits per heavy atom. The van der Waals surface area contributed by atoms with Crippen LogP contribution in [0.1, 0.15) is 22.0 Å². The molecular weight excluding hydrogens is 401 g/mol. The summed E-state index contributed by atoms with van der Waals surface area (Å²) in [5.74, 6) is -1.32. The van der Waals surface area contributed by atoms with Gasteiger partial charge in [-0.2, -0.15) is 8.78 Å². The molecule has 0 saturated carbocycles. The zero-order chi connectivity index (χ0) is 19.1. The molecule has 0 N–H and O–H groups in total. The van der Waals surface area contributed by atoms with E-state index in [0.717, 1.165) is 11.3 Å². The van der Waals surface area contributed by atoms with E-state index >= 15 is 0 Å². The number of para-hydroxylation sites is 2. The van der Waals surface area contributed by atoms with E-state index in [-0.39, 0.29) is 21.2 Å². The molecule has 4 rings (SSSR count). The topological polar surface area (TPSA) is 44.1 Å². The molecule has 0 amide bonds. The van der Waals surface area contributed by atoms with Crippen LogP contribution in [0.25, 0.3) is 21.1 Å². The molecule has 2 heterocycles. The van der Waals surface area contributed by atoms with Gasteiger partial charge in [0, 0.05) is 10.1 Å². The molecule has 138 valence electrons. The summed E-state index contributed by atoms with van der Waals surface area (Å²) in [5, 5.41) is 0.664. The molecule has 0 saturated heterocycles. The van der Waals surface area contributed by atoms with E-state index in [2.05, 4.69) is 4.98 Å². The summed E-state index contributed by atoms with van der Waals surface area (Å²) < 4.78 is 46.5. The van der Waals surface area contributed by atoms with Crippen LogP contribution in [0.2, 0.25) is 5.02 Å². The lowest BCUT2D eigenvalue weighted by Gasteiger charge is -2.08. The van der Waals surface area contributed by atoms with E-state index in [9.17, 15) is 18.0 Å². The number of imidazole rings is 1. The van der Waals surface area contributed by atoms with Gasteiger partial charge in [-0.1, -0.05) is 23.7 Å². The molecule has 0 bridgehead atoms. The summed E-state index contributed by atoms with van der Waals surface area (Å²) in [7, 11) is 0. The number of thiophene rings is 1. The van der Waals surface area contributed by atoms with Gasteiger partial charge in [-0.15, -0.1) is 11.3 Å². The zero-order valence-electron chi connectivity index (χ0n) is 13.5. The molecular formula is C18H10ClF3N2O2S. The van der Waals surface area contributed by atoms with Gasteiger partial charge in [0.05, 0.1) is 16.1 Å².